The van der Waals surface area contributed by atoms with Gasteiger partial charge >= 0.3 is 11.9 Å². The molecule has 1 rings (SSSR count). The summed E-state index contributed by atoms with van der Waals surface area (Å²) >= 11 is 0. The van der Waals surface area contributed by atoms with Crippen molar-refractivity contribution in [1.29, 1.82) is 0 Å². The summed E-state index contributed by atoms with van der Waals surface area (Å²) < 4.78 is 9.78. The Morgan fingerprint density at radius 3 is 2.40 bits per heavy atom. The minimum atomic E-state index is -0.986. The maximum Gasteiger partial charge on any atom is 0.305 e. The Kier molecular flexibility index (Phi) is 6.50. The minimum absolute atomic E-state index is 0.499. The van der Waals surface area contributed by atoms with Crippen LogP contribution in [0.25, 0.3) is 6.08 Å². The molecule has 4 heteroatoms. The van der Waals surface area contributed by atoms with Crippen LogP contribution in [0.2, 0.25) is 0 Å². The predicted octanol–water partition coefficient (Wildman–Crippen LogP) is 3.10. The Balaban J connectivity index is 2.77. The van der Waals surface area contributed by atoms with Gasteiger partial charge in [-0.25, -0.2) is 0 Å². The van der Waals surface area contributed by atoms with Gasteiger partial charge in [-0.15, -0.1) is 0 Å². The van der Waals surface area contributed by atoms with E-state index in [0.717, 1.165) is 18.4 Å². The average molecular weight is 276 g/mol. The number of aryl methyl sites for hydroxylation is 1. The summed E-state index contributed by atoms with van der Waals surface area (Å²) in [6.07, 6.45) is 4.43. The first-order valence-corrected chi connectivity index (χ1v) is 6.63. The highest BCUT2D eigenvalue weighted by Gasteiger charge is 2.10. The van der Waals surface area contributed by atoms with Crippen LogP contribution in [0.15, 0.2) is 30.3 Å². The van der Waals surface area contributed by atoms with Gasteiger partial charge in [-0.3, -0.25) is 9.59 Å². The molecule has 0 bridgehead atoms. The topological polar surface area (TPSA) is 52.6 Å². The zero-order chi connectivity index (χ0) is 15.0. The normalized spacial score (nSPS) is 10.8. The molecular weight excluding hydrogens is 256 g/mol. The zero-order valence-corrected chi connectivity index (χ0v) is 12.1. The smallest absolute Gasteiger partial charge is 0.305 e. The Labute approximate surface area is 119 Å². The van der Waals surface area contributed by atoms with Gasteiger partial charge in [0, 0.05) is 13.8 Å². The van der Waals surface area contributed by atoms with E-state index >= 15 is 0 Å². The number of hydrogen-bond donors (Lipinski definition) is 0. The Bertz CT molecular complexity index is 475. The summed E-state index contributed by atoms with van der Waals surface area (Å²) in [5.74, 6) is -0.999. The quantitative estimate of drug-likeness (QED) is 0.592. The van der Waals surface area contributed by atoms with Crippen LogP contribution in [0.4, 0.5) is 0 Å². The molecule has 0 aliphatic rings. The molecule has 0 amide bonds. The molecular formula is C16H20O4. The van der Waals surface area contributed by atoms with Crippen molar-refractivity contribution >= 4 is 18.0 Å². The first-order valence-electron chi connectivity index (χ1n) is 6.63. The van der Waals surface area contributed by atoms with Crippen LogP contribution in [-0.4, -0.2) is 18.2 Å². The molecule has 0 radical (unpaired) electrons. The molecule has 0 heterocycles. The molecule has 20 heavy (non-hydrogen) atoms. The van der Waals surface area contributed by atoms with Gasteiger partial charge in [-0.1, -0.05) is 43.7 Å². The van der Waals surface area contributed by atoms with Crippen molar-refractivity contribution in [2.75, 3.05) is 0 Å². The van der Waals surface area contributed by atoms with Gasteiger partial charge in [0.15, 0.2) is 0 Å². The highest BCUT2D eigenvalue weighted by atomic mass is 16.7. The predicted molar refractivity (Wildman–Crippen MR) is 76.8 cm³/mol. The molecule has 0 atom stereocenters. The van der Waals surface area contributed by atoms with E-state index in [2.05, 4.69) is 19.1 Å². The lowest BCUT2D eigenvalue weighted by Crippen LogP contribution is -2.19. The van der Waals surface area contributed by atoms with E-state index in [9.17, 15) is 9.59 Å². The maximum absolute atomic E-state index is 10.9. The Morgan fingerprint density at radius 1 is 1.20 bits per heavy atom. The first-order chi connectivity index (χ1) is 9.51. The van der Waals surface area contributed by atoms with Crippen LogP contribution in [0, 0.1) is 0 Å². The molecule has 0 fully saturated rings. The lowest BCUT2D eigenvalue weighted by Gasteiger charge is -2.12. The number of hydrogen-bond acceptors (Lipinski definition) is 4. The number of ether oxygens (including phenoxy) is 2. The zero-order valence-electron chi connectivity index (χ0n) is 12.1. The Morgan fingerprint density at radius 2 is 1.85 bits per heavy atom. The van der Waals surface area contributed by atoms with Crippen LogP contribution in [0.3, 0.4) is 0 Å². The standard InChI is InChI=1S/C16H20O4/c1-4-6-14-7-5-8-15(11-14)9-10-16(19-12(2)17)20-13(3)18/h5,7-11,16H,4,6H2,1-3H3/b10-9+. The summed E-state index contributed by atoms with van der Waals surface area (Å²) in [5, 5.41) is 0. The van der Waals surface area contributed by atoms with Gasteiger partial charge < -0.3 is 9.47 Å². The van der Waals surface area contributed by atoms with Crippen molar-refractivity contribution in [1.82, 2.24) is 0 Å². The summed E-state index contributed by atoms with van der Waals surface area (Å²) in [7, 11) is 0. The third kappa shape index (κ3) is 6.18. The van der Waals surface area contributed by atoms with Crippen LogP contribution in [-0.2, 0) is 25.5 Å². The molecule has 0 aliphatic heterocycles. The van der Waals surface area contributed by atoms with Crippen molar-refractivity contribution in [2.24, 2.45) is 0 Å². The van der Waals surface area contributed by atoms with Gasteiger partial charge in [0.25, 0.3) is 6.29 Å². The molecule has 0 saturated heterocycles. The van der Waals surface area contributed by atoms with Gasteiger partial charge in [0.05, 0.1) is 0 Å². The molecule has 0 N–H and O–H groups in total. The second-order valence-corrected chi connectivity index (χ2v) is 4.44. The fraction of sp³-hybridized carbons (Fsp3) is 0.375. The van der Waals surface area contributed by atoms with E-state index < -0.39 is 18.2 Å². The molecule has 0 aliphatic carbocycles. The maximum atomic E-state index is 10.9. The molecule has 4 nitrogen and oxygen atoms in total. The fourth-order valence-corrected chi connectivity index (χ4v) is 1.76. The average Bonchev–Trinajstić information content (AvgIpc) is 2.35. The van der Waals surface area contributed by atoms with E-state index in [1.807, 2.05) is 12.1 Å². The number of esters is 2. The molecule has 1 aromatic rings. The van der Waals surface area contributed by atoms with Crippen LogP contribution in [0.5, 0.6) is 0 Å². The van der Waals surface area contributed by atoms with E-state index in [-0.39, 0.29) is 0 Å². The third-order valence-electron chi connectivity index (χ3n) is 2.50. The number of rotatable bonds is 6. The molecule has 1 aromatic carbocycles. The summed E-state index contributed by atoms with van der Waals surface area (Å²) in [6.45, 7) is 4.67. The van der Waals surface area contributed by atoms with E-state index in [0.29, 0.717) is 0 Å². The van der Waals surface area contributed by atoms with E-state index in [1.54, 1.807) is 12.2 Å². The summed E-state index contributed by atoms with van der Waals surface area (Å²) in [6, 6.07) is 8.03. The van der Waals surface area contributed by atoms with E-state index in [4.69, 9.17) is 9.47 Å². The molecule has 0 unspecified atom stereocenters. The highest BCUT2D eigenvalue weighted by molar-refractivity contribution is 5.68. The Hall–Kier alpha value is -2.10. The first kappa shape index (κ1) is 16.0. The van der Waals surface area contributed by atoms with Gasteiger partial charge in [0.1, 0.15) is 0 Å². The molecule has 0 saturated carbocycles. The molecule has 108 valence electrons. The monoisotopic (exact) mass is 276 g/mol. The molecule has 0 spiro atoms. The number of carbonyl (C=O) groups excluding carboxylic acids is 2. The van der Waals surface area contributed by atoms with Gasteiger partial charge in [-0.2, -0.15) is 0 Å². The van der Waals surface area contributed by atoms with Crippen molar-refractivity contribution in [3.8, 4) is 0 Å². The van der Waals surface area contributed by atoms with Crippen LogP contribution < -0.4 is 0 Å². The van der Waals surface area contributed by atoms with E-state index in [1.165, 1.54) is 19.4 Å². The van der Waals surface area contributed by atoms with Crippen LogP contribution >= 0.6 is 0 Å². The van der Waals surface area contributed by atoms with Crippen LogP contribution in [0.1, 0.15) is 38.3 Å². The van der Waals surface area contributed by atoms with Crippen molar-refractivity contribution in [2.45, 2.75) is 39.9 Å². The summed E-state index contributed by atoms with van der Waals surface area (Å²) in [4.78, 5) is 21.9. The van der Waals surface area contributed by atoms with Gasteiger partial charge in [0.2, 0.25) is 0 Å². The number of carbonyl (C=O) groups is 2. The summed E-state index contributed by atoms with van der Waals surface area (Å²) in [5.41, 5.74) is 2.21. The lowest BCUT2D eigenvalue weighted by molar-refractivity contribution is -0.176. The lowest BCUT2D eigenvalue weighted by atomic mass is 10.1. The van der Waals surface area contributed by atoms with Crippen molar-refractivity contribution < 1.29 is 19.1 Å². The SMILES string of the molecule is CCCc1cccc(/C=C/C(OC(C)=O)OC(C)=O)c1. The second kappa shape index (κ2) is 8.15. The molecule has 0 aromatic heterocycles. The third-order valence-corrected chi connectivity index (χ3v) is 2.50. The highest BCUT2D eigenvalue weighted by Crippen LogP contribution is 2.10. The fourth-order valence-electron chi connectivity index (χ4n) is 1.76. The number of benzene rings is 1. The second-order valence-electron chi connectivity index (χ2n) is 4.44. The van der Waals surface area contributed by atoms with Gasteiger partial charge in [-0.05, 0) is 23.6 Å². The van der Waals surface area contributed by atoms with Crippen molar-refractivity contribution in [3.05, 3.63) is 41.5 Å². The largest absolute Gasteiger partial charge is 0.421 e. The minimum Gasteiger partial charge on any atom is -0.421 e. The van der Waals surface area contributed by atoms with Crippen molar-refractivity contribution in [3.63, 3.8) is 0 Å².